The van der Waals surface area contributed by atoms with Gasteiger partial charge < -0.3 is 10.6 Å². The van der Waals surface area contributed by atoms with Crippen LogP contribution in [0.25, 0.3) is 0 Å². The van der Waals surface area contributed by atoms with Crippen LogP contribution in [0.15, 0.2) is 48.8 Å². The summed E-state index contributed by atoms with van der Waals surface area (Å²) in [5, 5.41) is 6.19. The number of benzene rings is 1. The Hall–Kier alpha value is -2.36. The van der Waals surface area contributed by atoms with Gasteiger partial charge >= 0.3 is 0 Å². The van der Waals surface area contributed by atoms with E-state index in [1.54, 1.807) is 18.5 Å². The molecule has 1 atom stereocenters. The van der Waals surface area contributed by atoms with Gasteiger partial charge in [-0.05, 0) is 29.8 Å². The Bertz CT molecular complexity index is 554. The molecule has 4 nitrogen and oxygen atoms in total. The highest BCUT2D eigenvalue weighted by Crippen LogP contribution is 2.25. The molecule has 1 aromatic carbocycles. The van der Waals surface area contributed by atoms with Gasteiger partial charge in [-0.2, -0.15) is 0 Å². The number of nitrogens with zero attached hydrogens (tertiary/aromatic N) is 1. The quantitative estimate of drug-likeness (QED) is 0.779. The standard InChI is InChI=1S/C13H11N3O/c17-13-10-3-1-2-4-11(10)15-12(16-13)9-5-7-14-8-6-9/h1-8,12,15H,(H,16,17)/t12-/m0/s1. The molecule has 3 rings (SSSR count). The van der Waals surface area contributed by atoms with E-state index in [2.05, 4.69) is 15.6 Å². The van der Waals surface area contributed by atoms with Crippen molar-refractivity contribution in [2.24, 2.45) is 0 Å². The smallest absolute Gasteiger partial charge is 0.255 e. The molecular weight excluding hydrogens is 214 g/mol. The number of amides is 1. The highest BCUT2D eigenvalue weighted by molar-refractivity contribution is 6.01. The van der Waals surface area contributed by atoms with Crippen LogP contribution in [0.2, 0.25) is 0 Å². The molecule has 1 aliphatic rings. The molecule has 0 saturated heterocycles. The van der Waals surface area contributed by atoms with E-state index >= 15 is 0 Å². The van der Waals surface area contributed by atoms with Crippen LogP contribution in [0.5, 0.6) is 0 Å². The number of para-hydroxylation sites is 1. The summed E-state index contributed by atoms with van der Waals surface area (Å²) in [6, 6.07) is 11.2. The Morgan fingerprint density at radius 2 is 1.76 bits per heavy atom. The average molecular weight is 225 g/mol. The highest BCUT2D eigenvalue weighted by Gasteiger charge is 2.23. The summed E-state index contributed by atoms with van der Waals surface area (Å²) >= 11 is 0. The molecular formula is C13H11N3O. The first-order chi connectivity index (χ1) is 8.34. The molecule has 1 aromatic heterocycles. The van der Waals surface area contributed by atoms with Gasteiger partial charge in [0, 0.05) is 18.1 Å². The summed E-state index contributed by atoms with van der Waals surface area (Å²) in [6.45, 7) is 0. The zero-order valence-corrected chi connectivity index (χ0v) is 9.05. The molecule has 1 amide bonds. The molecule has 2 heterocycles. The van der Waals surface area contributed by atoms with Gasteiger partial charge in [-0.25, -0.2) is 0 Å². The van der Waals surface area contributed by atoms with Gasteiger partial charge in [-0.3, -0.25) is 9.78 Å². The molecule has 0 unspecified atom stereocenters. The fraction of sp³-hybridized carbons (Fsp3) is 0.0769. The summed E-state index contributed by atoms with van der Waals surface area (Å²) in [4.78, 5) is 15.9. The van der Waals surface area contributed by atoms with Crippen LogP contribution in [-0.4, -0.2) is 10.9 Å². The van der Waals surface area contributed by atoms with E-state index in [4.69, 9.17) is 0 Å². The maximum Gasteiger partial charge on any atom is 0.255 e. The second kappa shape index (κ2) is 3.90. The zero-order chi connectivity index (χ0) is 11.7. The first kappa shape index (κ1) is 9.84. The number of anilines is 1. The number of hydrogen-bond donors (Lipinski definition) is 2. The van der Waals surface area contributed by atoms with E-state index in [1.807, 2.05) is 30.3 Å². The highest BCUT2D eigenvalue weighted by atomic mass is 16.2. The van der Waals surface area contributed by atoms with Gasteiger partial charge in [0.05, 0.1) is 5.56 Å². The molecule has 0 aliphatic carbocycles. The topological polar surface area (TPSA) is 54.0 Å². The third kappa shape index (κ3) is 1.73. The molecule has 0 spiro atoms. The second-order valence-electron chi connectivity index (χ2n) is 3.88. The maximum atomic E-state index is 11.9. The van der Waals surface area contributed by atoms with Crippen molar-refractivity contribution in [2.75, 3.05) is 5.32 Å². The Balaban J connectivity index is 1.97. The fourth-order valence-electron chi connectivity index (χ4n) is 1.93. The van der Waals surface area contributed by atoms with E-state index in [9.17, 15) is 4.79 Å². The van der Waals surface area contributed by atoms with E-state index in [0.29, 0.717) is 5.56 Å². The van der Waals surface area contributed by atoms with Crippen molar-refractivity contribution in [1.29, 1.82) is 0 Å². The van der Waals surface area contributed by atoms with Gasteiger partial charge in [0.1, 0.15) is 6.17 Å². The van der Waals surface area contributed by atoms with Crippen molar-refractivity contribution in [3.8, 4) is 0 Å². The minimum Gasteiger partial charge on any atom is -0.361 e. The number of fused-ring (bicyclic) bond motifs is 1. The summed E-state index contributed by atoms with van der Waals surface area (Å²) in [7, 11) is 0. The lowest BCUT2D eigenvalue weighted by atomic mass is 10.1. The summed E-state index contributed by atoms with van der Waals surface area (Å²) in [5.41, 5.74) is 2.53. The molecule has 2 N–H and O–H groups in total. The van der Waals surface area contributed by atoms with E-state index in [1.165, 1.54) is 0 Å². The van der Waals surface area contributed by atoms with Crippen LogP contribution in [-0.2, 0) is 0 Å². The molecule has 1 aliphatic heterocycles. The van der Waals surface area contributed by atoms with Crippen LogP contribution in [0.4, 0.5) is 5.69 Å². The van der Waals surface area contributed by atoms with Crippen molar-refractivity contribution in [3.05, 3.63) is 59.9 Å². The average Bonchev–Trinajstić information content (AvgIpc) is 2.40. The SMILES string of the molecule is O=C1N[C@@H](c2ccncc2)Nc2ccccc21. The lowest BCUT2D eigenvalue weighted by molar-refractivity contribution is 0.0935. The van der Waals surface area contributed by atoms with Gasteiger partial charge in [-0.15, -0.1) is 0 Å². The fourth-order valence-corrected chi connectivity index (χ4v) is 1.93. The number of rotatable bonds is 1. The van der Waals surface area contributed by atoms with E-state index in [0.717, 1.165) is 11.3 Å². The number of hydrogen-bond acceptors (Lipinski definition) is 3. The van der Waals surface area contributed by atoms with Gasteiger partial charge in [0.15, 0.2) is 0 Å². The molecule has 0 saturated carbocycles. The molecule has 17 heavy (non-hydrogen) atoms. The Morgan fingerprint density at radius 1 is 1.00 bits per heavy atom. The first-order valence-corrected chi connectivity index (χ1v) is 5.41. The number of carbonyl (C=O) groups excluding carboxylic acids is 1. The Labute approximate surface area is 98.7 Å². The molecule has 0 fully saturated rings. The predicted molar refractivity (Wildman–Crippen MR) is 64.5 cm³/mol. The van der Waals surface area contributed by atoms with Crippen LogP contribution in [0, 0.1) is 0 Å². The molecule has 84 valence electrons. The van der Waals surface area contributed by atoms with Crippen molar-refractivity contribution < 1.29 is 4.79 Å². The van der Waals surface area contributed by atoms with Crippen molar-refractivity contribution in [2.45, 2.75) is 6.17 Å². The minimum atomic E-state index is -0.194. The summed E-state index contributed by atoms with van der Waals surface area (Å²) < 4.78 is 0. The van der Waals surface area contributed by atoms with Crippen LogP contribution < -0.4 is 10.6 Å². The van der Waals surface area contributed by atoms with Crippen LogP contribution in [0.3, 0.4) is 0 Å². The third-order valence-corrected chi connectivity index (χ3v) is 2.79. The number of pyridine rings is 1. The van der Waals surface area contributed by atoms with E-state index in [-0.39, 0.29) is 12.1 Å². The summed E-state index contributed by atoms with van der Waals surface area (Å²) in [6.07, 6.45) is 3.23. The number of carbonyl (C=O) groups is 1. The van der Waals surface area contributed by atoms with Crippen molar-refractivity contribution in [1.82, 2.24) is 10.3 Å². The zero-order valence-electron chi connectivity index (χ0n) is 9.05. The monoisotopic (exact) mass is 225 g/mol. The normalized spacial score (nSPS) is 17.9. The molecule has 4 heteroatoms. The van der Waals surface area contributed by atoms with Crippen LogP contribution >= 0.6 is 0 Å². The number of nitrogens with one attached hydrogen (secondary N) is 2. The largest absolute Gasteiger partial charge is 0.361 e. The third-order valence-electron chi connectivity index (χ3n) is 2.79. The summed E-state index contributed by atoms with van der Waals surface area (Å²) in [5.74, 6) is -0.0545. The molecule has 0 radical (unpaired) electrons. The molecule has 0 bridgehead atoms. The van der Waals surface area contributed by atoms with Crippen molar-refractivity contribution >= 4 is 11.6 Å². The second-order valence-corrected chi connectivity index (χ2v) is 3.88. The van der Waals surface area contributed by atoms with Crippen molar-refractivity contribution in [3.63, 3.8) is 0 Å². The lowest BCUT2D eigenvalue weighted by Crippen LogP contribution is -2.38. The van der Waals surface area contributed by atoms with E-state index < -0.39 is 0 Å². The van der Waals surface area contributed by atoms with Gasteiger partial charge in [-0.1, -0.05) is 12.1 Å². The minimum absolute atomic E-state index is 0.0545. The lowest BCUT2D eigenvalue weighted by Gasteiger charge is -2.27. The number of aromatic nitrogens is 1. The van der Waals surface area contributed by atoms with Gasteiger partial charge in [0.25, 0.3) is 5.91 Å². The Kier molecular flexibility index (Phi) is 2.26. The Morgan fingerprint density at radius 3 is 2.59 bits per heavy atom. The predicted octanol–water partition coefficient (Wildman–Crippen LogP) is 1.94. The first-order valence-electron chi connectivity index (χ1n) is 5.41. The maximum absolute atomic E-state index is 11.9. The van der Waals surface area contributed by atoms with Crippen LogP contribution in [0.1, 0.15) is 22.1 Å². The molecule has 2 aromatic rings. The van der Waals surface area contributed by atoms with Gasteiger partial charge in [0.2, 0.25) is 0 Å².